The smallest absolute Gasteiger partial charge is 0.193 e. The Morgan fingerprint density at radius 1 is 1.10 bits per heavy atom. The zero-order valence-corrected chi connectivity index (χ0v) is 16.3. The second-order valence-electron chi connectivity index (χ2n) is 7.03. The maximum absolute atomic E-state index is 11.7. The van der Waals surface area contributed by atoms with Crippen molar-refractivity contribution in [2.45, 2.75) is 26.2 Å². The first-order valence-corrected chi connectivity index (χ1v) is 9.75. The number of piperidine rings is 1. The lowest BCUT2D eigenvalue weighted by molar-refractivity contribution is 0.573. The first-order valence-electron chi connectivity index (χ1n) is 9.75. The van der Waals surface area contributed by atoms with E-state index >= 15 is 0 Å². The Hall–Kier alpha value is -3.55. The average molecular weight is 389 g/mol. The molecule has 0 aliphatic carbocycles. The van der Waals surface area contributed by atoms with Gasteiger partial charge in [-0.3, -0.25) is 5.10 Å². The molecule has 0 spiro atoms. The van der Waals surface area contributed by atoms with E-state index in [0.29, 0.717) is 23.3 Å². The summed E-state index contributed by atoms with van der Waals surface area (Å²) in [5, 5.41) is 13.4. The fourth-order valence-electron chi connectivity index (χ4n) is 3.38. The summed E-state index contributed by atoms with van der Waals surface area (Å²) >= 11 is 0. The molecular weight excluding hydrogens is 366 g/mol. The van der Waals surface area contributed by atoms with Crippen molar-refractivity contribution in [1.29, 1.82) is 0 Å². The number of H-pyrrole nitrogens is 1. The van der Waals surface area contributed by atoms with Gasteiger partial charge in [-0.05, 0) is 43.0 Å². The van der Waals surface area contributed by atoms with E-state index in [1.807, 2.05) is 55.5 Å². The third-order valence-corrected chi connectivity index (χ3v) is 4.81. The van der Waals surface area contributed by atoms with E-state index in [9.17, 15) is 4.91 Å². The monoisotopic (exact) mass is 389 g/mol. The number of aromatic amines is 1. The molecule has 3 heterocycles. The summed E-state index contributed by atoms with van der Waals surface area (Å²) in [5.74, 6) is 2.10. The van der Waals surface area contributed by atoms with Crippen LogP contribution in [0.4, 0.5) is 23.1 Å². The van der Waals surface area contributed by atoms with E-state index in [1.54, 1.807) is 0 Å². The predicted molar refractivity (Wildman–Crippen MR) is 116 cm³/mol. The van der Waals surface area contributed by atoms with E-state index in [0.717, 1.165) is 37.2 Å². The predicted octanol–water partition coefficient (Wildman–Crippen LogP) is 4.81. The third-order valence-electron chi connectivity index (χ3n) is 4.81. The Labute approximate surface area is 169 Å². The molecule has 1 aromatic carbocycles. The lowest BCUT2D eigenvalue weighted by Crippen LogP contribution is -2.30. The Balaban J connectivity index is 1.74. The van der Waals surface area contributed by atoms with E-state index in [1.165, 1.54) is 6.42 Å². The molecule has 1 aliphatic rings. The lowest BCUT2D eigenvalue weighted by atomic mass is 10.1. The number of nitrogens with one attached hydrogen (secondary N) is 2. The van der Waals surface area contributed by atoms with Gasteiger partial charge in [0, 0.05) is 19.2 Å². The van der Waals surface area contributed by atoms with Crippen LogP contribution in [0.2, 0.25) is 0 Å². The van der Waals surface area contributed by atoms with Gasteiger partial charge in [0.25, 0.3) is 0 Å². The molecule has 1 aliphatic heterocycles. The normalized spacial score (nSPS) is 14.3. The number of benzene rings is 1. The SMILES string of the molecule is Cc1cc(Nc2nc(/C=C/c3ccccc3)nc(N3CCCCC3)c2N=O)[nH]n1. The Morgan fingerprint density at radius 3 is 2.59 bits per heavy atom. The average Bonchev–Trinajstić information content (AvgIpc) is 3.18. The molecule has 148 valence electrons. The van der Waals surface area contributed by atoms with E-state index in [2.05, 4.69) is 35.6 Å². The zero-order valence-electron chi connectivity index (χ0n) is 16.3. The molecular formula is C21H23N7O. The number of aromatic nitrogens is 4. The summed E-state index contributed by atoms with van der Waals surface area (Å²) in [6, 6.07) is 11.8. The summed E-state index contributed by atoms with van der Waals surface area (Å²) in [7, 11) is 0. The molecule has 1 fully saturated rings. The molecule has 2 aromatic heterocycles. The number of hydrogen-bond donors (Lipinski definition) is 2. The van der Waals surface area contributed by atoms with Gasteiger partial charge in [0.1, 0.15) is 5.82 Å². The number of rotatable bonds is 6. The van der Waals surface area contributed by atoms with Crippen molar-refractivity contribution in [1.82, 2.24) is 20.2 Å². The molecule has 8 nitrogen and oxygen atoms in total. The molecule has 0 bridgehead atoms. The minimum Gasteiger partial charge on any atom is -0.355 e. The zero-order chi connectivity index (χ0) is 20.1. The van der Waals surface area contributed by atoms with Gasteiger partial charge in [0.05, 0.1) is 5.69 Å². The minimum absolute atomic E-state index is 0.219. The summed E-state index contributed by atoms with van der Waals surface area (Å²) in [4.78, 5) is 23.1. The van der Waals surface area contributed by atoms with E-state index < -0.39 is 0 Å². The third kappa shape index (κ3) is 4.48. The van der Waals surface area contributed by atoms with Crippen LogP contribution in [0.15, 0.2) is 41.6 Å². The van der Waals surface area contributed by atoms with Crippen molar-refractivity contribution in [3.05, 3.63) is 58.4 Å². The molecule has 0 radical (unpaired) electrons. The topological polar surface area (TPSA) is 99.2 Å². The highest BCUT2D eigenvalue weighted by molar-refractivity contribution is 5.79. The Kier molecular flexibility index (Phi) is 5.60. The van der Waals surface area contributed by atoms with Crippen molar-refractivity contribution < 1.29 is 0 Å². The standard InChI is InChI=1S/C21H23N7O/c1-15-14-18(26-25-15)23-20-19(27-29)21(28-12-6-3-7-13-28)24-17(22-20)11-10-16-8-4-2-5-9-16/h2,4-5,8-11,14H,3,6-7,12-13H2,1H3,(H2,22,23,24,25,26)/b11-10+. The second-order valence-corrected chi connectivity index (χ2v) is 7.03. The van der Waals surface area contributed by atoms with Gasteiger partial charge in [-0.15, -0.1) is 4.91 Å². The van der Waals surface area contributed by atoms with Crippen LogP contribution >= 0.6 is 0 Å². The van der Waals surface area contributed by atoms with Crippen molar-refractivity contribution in [3.63, 3.8) is 0 Å². The number of anilines is 3. The summed E-state index contributed by atoms with van der Waals surface area (Å²) in [6.45, 7) is 3.59. The van der Waals surface area contributed by atoms with E-state index in [4.69, 9.17) is 0 Å². The summed E-state index contributed by atoms with van der Waals surface area (Å²) in [5.41, 5.74) is 2.10. The first-order chi connectivity index (χ1) is 14.2. The van der Waals surface area contributed by atoms with Crippen molar-refractivity contribution in [3.8, 4) is 0 Å². The molecule has 4 rings (SSSR count). The molecule has 3 aromatic rings. The van der Waals surface area contributed by atoms with Crippen molar-refractivity contribution in [2.24, 2.45) is 5.18 Å². The maximum atomic E-state index is 11.7. The van der Waals surface area contributed by atoms with Gasteiger partial charge in [-0.2, -0.15) is 5.10 Å². The molecule has 1 saturated heterocycles. The van der Waals surface area contributed by atoms with Gasteiger partial charge >= 0.3 is 0 Å². The molecule has 0 unspecified atom stereocenters. The quantitative estimate of drug-likeness (QED) is 0.587. The van der Waals surface area contributed by atoms with Crippen LogP contribution in [0.5, 0.6) is 0 Å². The number of nitrogens with zero attached hydrogens (tertiary/aromatic N) is 5. The van der Waals surface area contributed by atoms with Crippen molar-refractivity contribution >= 4 is 35.3 Å². The fraction of sp³-hybridized carbons (Fsp3) is 0.286. The van der Waals surface area contributed by atoms with Crippen molar-refractivity contribution in [2.75, 3.05) is 23.3 Å². The highest BCUT2D eigenvalue weighted by Gasteiger charge is 2.22. The summed E-state index contributed by atoms with van der Waals surface area (Å²) in [6.07, 6.45) is 7.12. The maximum Gasteiger partial charge on any atom is 0.193 e. The molecule has 0 amide bonds. The molecule has 8 heteroatoms. The van der Waals surface area contributed by atoms with Gasteiger partial charge in [0.2, 0.25) is 0 Å². The molecule has 0 saturated carbocycles. The Morgan fingerprint density at radius 2 is 1.90 bits per heavy atom. The van der Waals surface area contributed by atoms with Crippen LogP contribution in [0.1, 0.15) is 36.3 Å². The van der Waals surface area contributed by atoms with Gasteiger partial charge in [0.15, 0.2) is 23.1 Å². The van der Waals surface area contributed by atoms with Gasteiger partial charge in [-0.1, -0.05) is 36.4 Å². The number of nitroso groups, excluding NO2 is 1. The number of hydrogen-bond acceptors (Lipinski definition) is 7. The van der Waals surface area contributed by atoms with Gasteiger partial charge < -0.3 is 10.2 Å². The lowest BCUT2D eigenvalue weighted by Gasteiger charge is -2.28. The van der Waals surface area contributed by atoms with Crippen LogP contribution in [0, 0.1) is 11.8 Å². The van der Waals surface area contributed by atoms with Gasteiger partial charge in [-0.25, -0.2) is 9.97 Å². The fourth-order valence-corrected chi connectivity index (χ4v) is 3.38. The van der Waals surface area contributed by atoms with Crippen LogP contribution in [0.25, 0.3) is 12.2 Å². The van der Waals surface area contributed by atoms with Crippen LogP contribution in [0.3, 0.4) is 0 Å². The molecule has 29 heavy (non-hydrogen) atoms. The molecule has 0 atom stereocenters. The minimum atomic E-state index is 0.219. The first kappa shape index (κ1) is 18.8. The highest BCUT2D eigenvalue weighted by Crippen LogP contribution is 2.36. The summed E-state index contributed by atoms with van der Waals surface area (Å²) < 4.78 is 0. The molecule has 2 N–H and O–H groups in total. The number of aryl methyl sites for hydroxylation is 1. The second kappa shape index (κ2) is 8.64. The van der Waals surface area contributed by atoms with Crippen LogP contribution in [-0.2, 0) is 0 Å². The van der Waals surface area contributed by atoms with Crippen LogP contribution < -0.4 is 10.2 Å². The highest BCUT2D eigenvalue weighted by atomic mass is 16.3. The largest absolute Gasteiger partial charge is 0.355 e. The van der Waals surface area contributed by atoms with Crippen LogP contribution in [-0.4, -0.2) is 33.3 Å². The van der Waals surface area contributed by atoms with E-state index in [-0.39, 0.29) is 5.69 Å². The Bertz CT molecular complexity index is 1010.